The molecule has 4 nitrogen and oxygen atoms in total. The van der Waals surface area contributed by atoms with Crippen LogP contribution in [0.1, 0.15) is 5.56 Å². The highest BCUT2D eigenvalue weighted by Crippen LogP contribution is 2.35. The largest absolute Gasteiger partial charge is 0.506 e. The summed E-state index contributed by atoms with van der Waals surface area (Å²) in [6.45, 7) is 0. The molecular formula is C16H9Br2IN2O2S. The Hall–Kier alpha value is -0.840. The van der Waals surface area contributed by atoms with Gasteiger partial charge in [0.2, 0.25) is 0 Å². The quantitative estimate of drug-likeness (QED) is 0.369. The van der Waals surface area contributed by atoms with Crippen LogP contribution in [0.5, 0.6) is 5.75 Å². The van der Waals surface area contributed by atoms with Gasteiger partial charge >= 0.3 is 0 Å². The van der Waals surface area contributed by atoms with Crippen molar-refractivity contribution >= 4 is 89.1 Å². The van der Waals surface area contributed by atoms with Gasteiger partial charge in [0.25, 0.3) is 5.91 Å². The lowest BCUT2D eigenvalue weighted by molar-refractivity contribution is -0.115. The zero-order valence-electron chi connectivity index (χ0n) is 11.9. The van der Waals surface area contributed by atoms with E-state index in [1.807, 2.05) is 24.3 Å². The number of carbonyl (C=O) groups excluding carboxylic acids is 1. The van der Waals surface area contributed by atoms with Crippen LogP contribution >= 0.6 is 66.2 Å². The molecule has 122 valence electrons. The SMILES string of the molecule is O=C1NC(=Nc2cccc(I)c2)S/C1=C/c1cc(Br)c(O)c(Br)c1. The van der Waals surface area contributed by atoms with Crippen molar-refractivity contribution in [2.24, 2.45) is 4.99 Å². The molecule has 0 bridgehead atoms. The maximum atomic E-state index is 12.1. The van der Waals surface area contributed by atoms with Gasteiger partial charge < -0.3 is 10.4 Å². The lowest BCUT2D eigenvalue weighted by Gasteiger charge is -2.02. The van der Waals surface area contributed by atoms with Gasteiger partial charge in [-0.05, 0) is 108 Å². The number of phenolic OH excluding ortho intramolecular Hbond substituents is 1. The van der Waals surface area contributed by atoms with Crippen LogP contribution in [0.3, 0.4) is 0 Å². The van der Waals surface area contributed by atoms with Gasteiger partial charge in [0, 0.05) is 3.57 Å². The Morgan fingerprint density at radius 3 is 2.58 bits per heavy atom. The van der Waals surface area contributed by atoms with Crippen LogP contribution in [0.25, 0.3) is 6.08 Å². The van der Waals surface area contributed by atoms with Gasteiger partial charge in [-0.15, -0.1) is 0 Å². The molecule has 24 heavy (non-hydrogen) atoms. The maximum absolute atomic E-state index is 12.1. The predicted octanol–water partition coefficient (Wildman–Crippen LogP) is 5.41. The number of hydrogen-bond acceptors (Lipinski definition) is 4. The molecule has 0 aromatic heterocycles. The number of nitrogens with one attached hydrogen (secondary N) is 1. The van der Waals surface area contributed by atoms with E-state index in [0.29, 0.717) is 19.0 Å². The van der Waals surface area contributed by atoms with Crippen LogP contribution in [0.2, 0.25) is 0 Å². The van der Waals surface area contributed by atoms with Gasteiger partial charge in [0.1, 0.15) is 5.75 Å². The second-order valence-corrected chi connectivity index (χ2v) is 8.78. The first kappa shape index (κ1) is 18.0. The highest BCUT2D eigenvalue weighted by atomic mass is 127. The molecule has 2 aromatic carbocycles. The van der Waals surface area contributed by atoms with Crippen molar-refractivity contribution < 1.29 is 9.90 Å². The summed E-state index contributed by atoms with van der Waals surface area (Å²) in [6, 6.07) is 11.2. The minimum Gasteiger partial charge on any atom is -0.506 e. The second kappa shape index (κ2) is 7.59. The fourth-order valence-corrected chi connectivity index (χ4v) is 4.55. The van der Waals surface area contributed by atoms with Crippen LogP contribution in [-0.2, 0) is 4.79 Å². The minimum absolute atomic E-state index is 0.126. The van der Waals surface area contributed by atoms with E-state index >= 15 is 0 Å². The lowest BCUT2D eigenvalue weighted by Crippen LogP contribution is -2.19. The molecular weight excluding hydrogens is 571 g/mol. The number of carbonyl (C=O) groups is 1. The molecule has 1 fully saturated rings. The van der Waals surface area contributed by atoms with Crippen LogP contribution in [0, 0.1) is 3.57 Å². The number of thioether (sulfide) groups is 1. The second-order valence-electron chi connectivity index (χ2n) is 4.79. The van der Waals surface area contributed by atoms with Gasteiger partial charge in [0.15, 0.2) is 5.17 Å². The molecule has 2 aromatic rings. The molecule has 8 heteroatoms. The number of phenols is 1. The Kier molecular flexibility index (Phi) is 5.68. The van der Waals surface area contributed by atoms with Gasteiger partial charge in [-0.2, -0.15) is 0 Å². The molecule has 0 aliphatic carbocycles. The van der Waals surface area contributed by atoms with Crippen LogP contribution in [-0.4, -0.2) is 16.2 Å². The van der Waals surface area contributed by atoms with E-state index in [-0.39, 0.29) is 11.7 Å². The predicted molar refractivity (Wildman–Crippen MR) is 113 cm³/mol. The summed E-state index contributed by atoms with van der Waals surface area (Å²) >= 11 is 10.1. The summed E-state index contributed by atoms with van der Waals surface area (Å²) in [6.07, 6.45) is 1.76. The molecule has 1 aliphatic heterocycles. The van der Waals surface area contributed by atoms with Crippen molar-refractivity contribution in [2.75, 3.05) is 0 Å². The molecule has 0 atom stereocenters. The summed E-state index contributed by atoms with van der Waals surface area (Å²) < 4.78 is 2.19. The van der Waals surface area contributed by atoms with E-state index in [9.17, 15) is 9.90 Å². The van der Waals surface area contributed by atoms with Crippen molar-refractivity contribution in [3.05, 3.63) is 59.4 Å². The number of aromatic hydroxyl groups is 1. The Bertz CT molecular complexity index is 876. The third-order valence-electron chi connectivity index (χ3n) is 3.03. The van der Waals surface area contributed by atoms with Crippen molar-refractivity contribution in [2.45, 2.75) is 0 Å². The molecule has 0 unspecified atom stereocenters. The van der Waals surface area contributed by atoms with Crippen molar-refractivity contribution in [3.8, 4) is 5.75 Å². The number of hydrogen-bond donors (Lipinski definition) is 2. The number of nitrogens with zero attached hydrogens (tertiary/aromatic N) is 1. The van der Waals surface area contributed by atoms with E-state index in [4.69, 9.17) is 0 Å². The van der Waals surface area contributed by atoms with Gasteiger partial charge in [0.05, 0.1) is 19.5 Å². The third kappa shape index (κ3) is 4.22. The first-order valence-electron chi connectivity index (χ1n) is 6.65. The number of amidine groups is 1. The number of aliphatic imine (C=N–C) groups is 1. The van der Waals surface area contributed by atoms with Gasteiger partial charge in [-0.1, -0.05) is 6.07 Å². The summed E-state index contributed by atoms with van der Waals surface area (Å²) in [7, 11) is 0. The average molecular weight is 580 g/mol. The number of amides is 1. The summed E-state index contributed by atoms with van der Waals surface area (Å²) in [5, 5.41) is 13.1. The Labute approximate surface area is 173 Å². The zero-order valence-corrected chi connectivity index (χ0v) is 18.0. The first-order chi connectivity index (χ1) is 11.4. The van der Waals surface area contributed by atoms with Gasteiger partial charge in [-0.3, -0.25) is 4.79 Å². The number of rotatable bonds is 2. The smallest absolute Gasteiger partial charge is 0.264 e. The topological polar surface area (TPSA) is 61.7 Å². The minimum atomic E-state index is -0.190. The molecule has 1 saturated heterocycles. The third-order valence-corrected chi connectivity index (χ3v) is 5.82. The van der Waals surface area contributed by atoms with Crippen LogP contribution in [0.4, 0.5) is 5.69 Å². The summed E-state index contributed by atoms with van der Waals surface area (Å²) in [5.74, 6) is -0.0636. The van der Waals surface area contributed by atoms with E-state index in [1.165, 1.54) is 11.8 Å². The molecule has 1 heterocycles. The Morgan fingerprint density at radius 1 is 1.21 bits per heavy atom. The number of halogens is 3. The molecule has 1 amide bonds. The van der Waals surface area contributed by atoms with Crippen molar-refractivity contribution in [1.82, 2.24) is 5.32 Å². The molecule has 3 rings (SSSR count). The molecule has 1 aliphatic rings. The Morgan fingerprint density at radius 2 is 1.92 bits per heavy atom. The monoisotopic (exact) mass is 578 g/mol. The van der Waals surface area contributed by atoms with Gasteiger partial charge in [-0.25, -0.2) is 4.99 Å². The fraction of sp³-hybridized carbons (Fsp3) is 0. The lowest BCUT2D eigenvalue weighted by atomic mass is 10.2. The number of benzene rings is 2. The highest BCUT2D eigenvalue weighted by Gasteiger charge is 2.24. The normalized spacial score (nSPS) is 17.5. The Balaban J connectivity index is 1.87. The maximum Gasteiger partial charge on any atom is 0.264 e. The van der Waals surface area contributed by atoms with Crippen molar-refractivity contribution in [1.29, 1.82) is 0 Å². The van der Waals surface area contributed by atoms with E-state index in [1.54, 1.807) is 18.2 Å². The molecule has 0 saturated carbocycles. The highest BCUT2D eigenvalue weighted by molar-refractivity contribution is 14.1. The van der Waals surface area contributed by atoms with Crippen LogP contribution < -0.4 is 5.32 Å². The molecule has 2 N–H and O–H groups in total. The summed E-state index contributed by atoms with van der Waals surface area (Å²) in [4.78, 5) is 17.1. The molecule has 0 spiro atoms. The summed E-state index contributed by atoms with van der Waals surface area (Å²) in [5.41, 5.74) is 1.58. The van der Waals surface area contributed by atoms with E-state index < -0.39 is 0 Å². The van der Waals surface area contributed by atoms with E-state index in [0.717, 1.165) is 14.8 Å². The first-order valence-corrected chi connectivity index (χ1v) is 10.1. The fourth-order valence-electron chi connectivity index (χ4n) is 1.96. The van der Waals surface area contributed by atoms with Crippen molar-refractivity contribution in [3.63, 3.8) is 0 Å². The average Bonchev–Trinajstić information content (AvgIpc) is 2.84. The zero-order chi connectivity index (χ0) is 17.3. The van der Waals surface area contributed by atoms with E-state index in [2.05, 4.69) is 64.8 Å². The standard InChI is InChI=1S/C16H9Br2IN2O2S/c17-11-4-8(5-12(18)14(11)22)6-13-15(23)21-16(24-13)20-10-3-1-2-9(19)7-10/h1-7,22H,(H,20,21,23)/b13-6+. The molecule has 0 radical (unpaired) electrons. The van der Waals surface area contributed by atoms with Crippen LogP contribution in [0.15, 0.2) is 55.2 Å².